The Kier molecular flexibility index (Phi) is 6.13. The van der Waals surface area contributed by atoms with E-state index in [4.69, 9.17) is 9.47 Å². The maximum Gasteiger partial charge on any atom is 0.338 e. The second-order valence-corrected chi connectivity index (χ2v) is 7.41. The topological polar surface area (TPSA) is 76.2 Å². The molecule has 0 aromatic heterocycles. The summed E-state index contributed by atoms with van der Waals surface area (Å²) in [5.74, 6) is -1.17. The van der Waals surface area contributed by atoms with Crippen molar-refractivity contribution in [2.45, 2.75) is 12.8 Å². The first kappa shape index (κ1) is 20.8. The van der Waals surface area contributed by atoms with Crippen LogP contribution in [-0.2, 0) is 19.1 Å². The third-order valence-electron chi connectivity index (χ3n) is 5.43. The van der Waals surface area contributed by atoms with Gasteiger partial charge < -0.3 is 14.4 Å². The molecule has 0 radical (unpaired) electrons. The van der Waals surface area contributed by atoms with E-state index < -0.39 is 5.97 Å². The van der Waals surface area contributed by atoms with Crippen molar-refractivity contribution in [3.63, 3.8) is 0 Å². The van der Waals surface area contributed by atoms with Crippen LogP contribution in [0.1, 0.15) is 28.8 Å². The Labute approximate surface area is 180 Å². The number of amides is 2. The van der Waals surface area contributed by atoms with Crippen LogP contribution in [0.4, 0.5) is 5.69 Å². The van der Waals surface area contributed by atoms with Gasteiger partial charge in [-0.15, -0.1) is 0 Å². The van der Waals surface area contributed by atoms with Gasteiger partial charge in [0.2, 0.25) is 0 Å². The predicted octanol–water partition coefficient (Wildman–Crippen LogP) is 2.87. The van der Waals surface area contributed by atoms with Gasteiger partial charge in [0.15, 0.2) is 0 Å². The minimum atomic E-state index is -0.483. The molecule has 1 fully saturated rings. The number of imide groups is 1. The highest BCUT2D eigenvalue weighted by atomic mass is 16.6. The molecule has 31 heavy (non-hydrogen) atoms. The standard InChI is InChI=1S/C24H24N2O5/c1-30-15-16-31-24(29)18-9-11-19(12-10-18)26-22(27)20(17-7-3-2-4-8-17)21(23(26)28)25-13-5-6-14-25/h2-4,7-12H,5-6,13-16H2,1H3. The van der Waals surface area contributed by atoms with Gasteiger partial charge >= 0.3 is 5.97 Å². The van der Waals surface area contributed by atoms with E-state index in [0.29, 0.717) is 29.1 Å². The van der Waals surface area contributed by atoms with Crippen LogP contribution in [0.15, 0.2) is 60.3 Å². The van der Waals surface area contributed by atoms with Crippen LogP contribution in [-0.4, -0.2) is 56.1 Å². The molecule has 2 aromatic rings. The van der Waals surface area contributed by atoms with Crippen LogP contribution in [0, 0.1) is 0 Å². The summed E-state index contributed by atoms with van der Waals surface area (Å²) in [5, 5.41) is 0. The lowest BCUT2D eigenvalue weighted by Crippen LogP contribution is -2.34. The van der Waals surface area contributed by atoms with E-state index in [0.717, 1.165) is 31.5 Å². The van der Waals surface area contributed by atoms with E-state index in [1.807, 2.05) is 35.2 Å². The summed E-state index contributed by atoms with van der Waals surface area (Å²) in [6, 6.07) is 15.6. The summed E-state index contributed by atoms with van der Waals surface area (Å²) in [6.07, 6.45) is 1.99. The van der Waals surface area contributed by atoms with Crippen molar-refractivity contribution in [1.29, 1.82) is 0 Å². The lowest BCUT2D eigenvalue weighted by atomic mass is 10.0. The van der Waals surface area contributed by atoms with Crippen molar-refractivity contribution in [3.05, 3.63) is 71.4 Å². The SMILES string of the molecule is COCCOC(=O)c1ccc(N2C(=O)C(c3ccccc3)=C(N3CCCC3)C2=O)cc1. The van der Waals surface area contributed by atoms with Gasteiger partial charge in [0.1, 0.15) is 12.3 Å². The van der Waals surface area contributed by atoms with Crippen molar-refractivity contribution in [2.75, 3.05) is 38.3 Å². The number of anilines is 1. The molecule has 2 aliphatic rings. The lowest BCUT2D eigenvalue weighted by Gasteiger charge is -2.20. The van der Waals surface area contributed by atoms with Crippen molar-refractivity contribution in [3.8, 4) is 0 Å². The van der Waals surface area contributed by atoms with Gasteiger partial charge in [-0.05, 0) is 42.7 Å². The predicted molar refractivity (Wildman–Crippen MR) is 115 cm³/mol. The van der Waals surface area contributed by atoms with Crippen LogP contribution in [0.25, 0.3) is 5.57 Å². The minimum Gasteiger partial charge on any atom is -0.460 e. The summed E-state index contributed by atoms with van der Waals surface area (Å²) >= 11 is 0. The Morgan fingerprint density at radius 1 is 0.903 bits per heavy atom. The normalized spacial score (nSPS) is 16.4. The van der Waals surface area contributed by atoms with Gasteiger partial charge in [0, 0.05) is 20.2 Å². The number of esters is 1. The van der Waals surface area contributed by atoms with E-state index in [9.17, 15) is 14.4 Å². The van der Waals surface area contributed by atoms with E-state index in [2.05, 4.69) is 0 Å². The zero-order valence-corrected chi connectivity index (χ0v) is 17.4. The Balaban J connectivity index is 1.62. The quantitative estimate of drug-likeness (QED) is 0.390. The van der Waals surface area contributed by atoms with E-state index in [-0.39, 0.29) is 18.4 Å². The highest BCUT2D eigenvalue weighted by Gasteiger charge is 2.42. The summed E-state index contributed by atoms with van der Waals surface area (Å²) < 4.78 is 9.98. The zero-order chi connectivity index (χ0) is 21.8. The molecular weight excluding hydrogens is 396 g/mol. The molecule has 4 rings (SSSR count). The van der Waals surface area contributed by atoms with Crippen molar-refractivity contribution in [1.82, 2.24) is 4.90 Å². The lowest BCUT2D eigenvalue weighted by molar-refractivity contribution is -0.120. The van der Waals surface area contributed by atoms with Gasteiger partial charge in [-0.25, -0.2) is 9.69 Å². The third-order valence-corrected chi connectivity index (χ3v) is 5.43. The van der Waals surface area contributed by atoms with Gasteiger partial charge in [-0.1, -0.05) is 30.3 Å². The molecule has 0 saturated carbocycles. The maximum atomic E-state index is 13.4. The van der Waals surface area contributed by atoms with Gasteiger partial charge in [0.25, 0.3) is 11.8 Å². The molecule has 0 unspecified atom stereocenters. The fraction of sp³-hybridized carbons (Fsp3) is 0.292. The molecule has 2 aliphatic heterocycles. The zero-order valence-electron chi connectivity index (χ0n) is 17.4. The number of nitrogens with zero attached hydrogens (tertiary/aromatic N) is 2. The van der Waals surface area contributed by atoms with E-state index in [1.54, 1.807) is 24.3 Å². The number of carbonyl (C=O) groups excluding carboxylic acids is 3. The van der Waals surface area contributed by atoms with Crippen molar-refractivity contribution < 1.29 is 23.9 Å². The molecule has 160 valence electrons. The fourth-order valence-electron chi connectivity index (χ4n) is 3.90. The number of hydrogen-bond donors (Lipinski definition) is 0. The molecular formula is C24H24N2O5. The second kappa shape index (κ2) is 9.14. The van der Waals surface area contributed by atoms with E-state index >= 15 is 0 Å². The number of hydrogen-bond acceptors (Lipinski definition) is 6. The molecule has 0 atom stereocenters. The maximum absolute atomic E-state index is 13.4. The molecule has 0 spiro atoms. The van der Waals surface area contributed by atoms with Crippen LogP contribution in [0.5, 0.6) is 0 Å². The number of ether oxygens (including phenoxy) is 2. The first-order valence-electron chi connectivity index (χ1n) is 10.3. The Morgan fingerprint density at radius 2 is 1.58 bits per heavy atom. The molecule has 0 N–H and O–H groups in total. The third kappa shape index (κ3) is 4.09. The smallest absolute Gasteiger partial charge is 0.338 e. The number of likely N-dealkylation sites (tertiary alicyclic amines) is 1. The second-order valence-electron chi connectivity index (χ2n) is 7.41. The van der Waals surface area contributed by atoms with Crippen LogP contribution >= 0.6 is 0 Å². The average Bonchev–Trinajstić information content (AvgIpc) is 3.40. The molecule has 2 amide bonds. The van der Waals surface area contributed by atoms with E-state index in [1.165, 1.54) is 12.0 Å². The first-order valence-corrected chi connectivity index (χ1v) is 10.3. The fourth-order valence-corrected chi connectivity index (χ4v) is 3.90. The van der Waals surface area contributed by atoms with Crippen molar-refractivity contribution >= 4 is 29.0 Å². The number of benzene rings is 2. The number of methoxy groups -OCH3 is 1. The highest BCUT2D eigenvalue weighted by molar-refractivity contribution is 6.45. The summed E-state index contributed by atoms with van der Waals surface area (Å²) in [4.78, 5) is 42.1. The highest BCUT2D eigenvalue weighted by Crippen LogP contribution is 2.36. The molecule has 7 nitrogen and oxygen atoms in total. The average molecular weight is 420 g/mol. The van der Waals surface area contributed by atoms with Crippen LogP contribution in [0.2, 0.25) is 0 Å². The van der Waals surface area contributed by atoms with Crippen molar-refractivity contribution in [2.24, 2.45) is 0 Å². The molecule has 0 bridgehead atoms. The van der Waals surface area contributed by atoms with Crippen LogP contribution in [0.3, 0.4) is 0 Å². The Hall–Kier alpha value is -3.45. The Bertz CT molecular complexity index is 1010. The minimum absolute atomic E-state index is 0.156. The van der Waals surface area contributed by atoms with Gasteiger partial charge in [-0.3, -0.25) is 9.59 Å². The molecule has 7 heteroatoms. The Morgan fingerprint density at radius 3 is 2.23 bits per heavy atom. The van der Waals surface area contributed by atoms with Gasteiger partial charge in [0.05, 0.1) is 23.4 Å². The summed E-state index contributed by atoms with van der Waals surface area (Å²) in [5.41, 5.74) is 2.37. The molecule has 2 heterocycles. The summed E-state index contributed by atoms with van der Waals surface area (Å²) in [6.45, 7) is 1.98. The number of carbonyl (C=O) groups is 3. The van der Waals surface area contributed by atoms with Gasteiger partial charge in [-0.2, -0.15) is 0 Å². The van der Waals surface area contributed by atoms with Crippen LogP contribution < -0.4 is 4.90 Å². The molecule has 2 aromatic carbocycles. The largest absolute Gasteiger partial charge is 0.460 e. The number of rotatable bonds is 7. The molecule has 1 saturated heterocycles. The molecule has 0 aliphatic carbocycles. The summed E-state index contributed by atoms with van der Waals surface area (Å²) in [7, 11) is 1.53. The first-order chi connectivity index (χ1) is 15.1. The monoisotopic (exact) mass is 420 g/mol.